The summed E-state index contributed by atoms with van der Waals surface area (Å²) >= 11 is 7.98. The number of halogens is 1. The van der Waals surface area contributed by atoms with E-state index < -0.39 is 37.6 Å². The summed E-state index contributed by atoms with van der Waals surface area (Å²) in [5.74, 6) is -2.12. The maximum Gasteiger partial charge on any atom is 0.278 e. The summed E-state index contributed by atoms with van der Waals surface area (Å²) < 4.78 is 51.6. The quantitative estimate of drug-likeness (QED) is 0.236. The maximum atomic E-state index is 12.5. The zero-order chi connectivity index (χ0) is 33.6. The first-order chi connectivity index (χ1) is 21.6. The van der Waals surface area contributed by atoms with Gasteiger partial charge in [0.25, 0.3) is 31.9 Å². The van der Waals surface area contributed by atoms with Crippen LogP contribution in [0.2, 0.25) is 4.34 Å². The molecular formula is C27H23ClN6O8S4. The molecule has 1 aromatic carbocycles. The van der Waals surface area contributed by atoms with Crippen LogP contribution in [-0.4, -0.2) is 71.5 Å². The van der Waals surface area contributed by atoms with E-state index >= 15 is 0 Å². The predicted molar refractivity (Wildman–Crippen MR) is 173 cm³/mol. The minimum atomic E-state index is -3.96. The number of anilines is 2. The molecular weight excluding hydrogens is 700 g/mol. The van der Waals surface area contributed by atoms with Gasteiger partial charge in [-0.3, -0.25) is 23.5 Å². The molecule has 14 nitrogen and oxygen atoms in total. The highest BCUT2D eigenvalue weighted by molar-refractivity contribution is 7.89. The van der Waals surface area contributed by atoms with Crippen molar-refractivity contribution < 1.29 is 36.6 Å². The third kappa shape index (κ3) is 5.92. The molecule has 3 aromatic heterocycles. The molecule has 2 aliphatic rings. The number of rotatable bonds is 4. The number of fused-ring (bicyclic) bond motifs is 2. The molecule has 2 aliphatic heterocycles. The summed E-state index contributed by atoms with van der Waals surface area (Å²) in [4.78, 5) is 33.5. The fraction of sp³-hybridized carbons (Fsp3) is 0.111. The molecule has 46 heavy (non-hydrogen) atoms. The molecule has 240 valence electrons. The summed E-state index contributed by atoms with van der Waals surface area (Å²) in [5.41, 5.74) is -0.621. The maximum absolute atomic E-state index is 12.5. The van der Waals surface area contributed by atoms with Crippen LogP contribution >= 0.6 is 34.3 Å². The molecule has 0 bridgehead atoms. The average molecular weight is 723 g/mol. The van der Waals surface area contributed by atoms with Crippen molar-refractivity contribution in [3.05, 3.63) is 92.0 Å². The van der Waals surface area contributed by atoms with Crippen molar-refractivity contribution in [2.24, 2.45) is 0 Å². The van der Waals surface area contributed by atoms with Crippen molar-refractivity contribution >= 4 is 88.6 Å². The zero-order valence-corrected chi connectivity index (χ0v) is 27.9. The van der Waals surface area contributed by atoms with E-state index in [1.165, 1.54) is 49.8 Å². The third-order valence-electron chi connectivity index (χ3n) is 6.56. The standard InChI is InChI=1S/C14H13N3O4S2.C13H10ClN3O4S2/c1-8-7-15-14(22-8)16-13(19)11-12(18)9-5-3-4-6-10(9)23(20,21)17(11)2;1-17-10(13(19)16-9-4-2-3-5-15-9)11(18)12-7(23(17,20)21)6-8(14)22-12/h3-7,18H,1-2H3,(H,15,16,19);2-6,18H,1H3,(H,15,16,19). The lowest BCUT2D eigenvalue weighted by Crippen LogP contribution is -2.37. The van der Waals surface area contributed by atoms with Gasteiger partial charge >= 0.3 is 0 Å². The normalized spacial score (nSPS) is 16.2. The average Bonchev–Trinajstić information content (AvgIpc) is 3.62. The number of nitrogens with zero attached hydrogens (tertiary/aromatic N) is 4. The van der Waals surface area contributed by atoms with Crippen LogP contribution in [0.1, 0.15) is 15.3 Å². The van der Waals surface area contributed by atoms with Crippen LogP contribution in [0, 0.1) is 6.92 Å². The van der Waals surface area contributed by atoms with Crippen LogP contribution in [0.25, 0.3) is 11.5 Å². The predicted octanol–water partition coefficient (Wildman–Crippen LogP) is 4.25. The molecule has 0 atom stereocenters. The minimum Gasteiger partial charge on any atom is -0.505 e. The Hall–Kier alpha value is -4.49. The summed E-state index contributed by atoms with van der Waals surface area (Å²) in [6, 6.07) is 12.1. The molecule has 5 heterocycles. The SMILES string of the molecule is CN1C(C(=O)Nc2ccccn2)=C(O)c2sc(Cl)cc2S1(=O)=O.Cc1cnc(NC(=O)C2=C(O)c3ccccc3S(=O)(=O)N2C)s1. The molecule has 6 rings (SSSR count). The number of aromatic nitrogens is 2. The van der Waals surface area contributed by atoms with Crippen molar-refractivity contribution in [3.8, 4) is 0 Å². The summed E-state index contributed by atoms with van der Waals surface area (Å²) in [7, 11) is -5.44. The van der Waals surface area contributed by atoms with Crippen LogP contribution in [0.3, 0.4) is 0 Å². The monoisotopic (exact) mass is 722 g/mol. The third-order valence-corrected chi connectivity index (χ3v) is 12.4. The number of pyridine rings is 1. The molecule has 2 amide bonds. The second-order valence-corrected chi connectivity index (χ2v) is 16.3. The smallest absolute Gasteiger partial charge is 0.278 e. The first kappa shape index (κ1) is 32.9. The summed E-state index contributed by atoms with van der Waals surface area (Å²) in [6.45, 7) is 1.83. The van der Waals surface area contributed by atoms with Crippen molar-refractivity contribution in [2.75, 3.05) is 24.7 Å². The zero-order valence-electron chi connectivity index (χ0n) is 23.9. The van der Waals surface area contributed by atoms with Gasteiger partial charge in [-0.15, -0.1) is 22.7 Å². The van der Waals surface area contributed by atoms with Crippen LogP contribution < -0.4 is 10.6 Å². The summed E-state index contributed by atoms with van der Waals surface area (Å²) in [5, 5.41) is 26.0. The van der Waals surface area contributed by atoms with Crippen molar-refractivity contribution in [2.45, 2.75) is 16.7 Å². The molecule has 4 aromatic rings. The van der Waals surface area contributed by atoms with E-state index in [1.807, 2.05) is 6.92 Å². The van der Waals surface area contributed by atoms with Crippen LogP contribution in [0.4, 0.5) is 10.9 Å². The van der Waals surface area contributed by atoms with Crippen molar-refractivity contribution in [1.82, 2.24) is 18.6 Å². The molecule has 0 saturated carbocycles. The molecule has 0 unspecified atom stereocenters. The Labute approximate surface area is 276 Å². The van der Waals surface area contributed by atoms with E-state index in [0.29, 0.717) is 5.13 Å². The minimum absolute atomic E-state index is 0.0401. The van der Waals surface area contributed by atoms with Gasteiger partial charge in [-0.25, -0.2) is 26.8 Å². The number of likely N-dealkylation sites (N-methyl/N-ethyl adjacent to an activating group) is 2. The molecule has 4 N–H and O–H groups in total. The Morgan fingerprint density at radius 1 is 0.826 bits per heavy atom. The van der Waals surface area contributed by atoms with Gasteiger partial charge in [0.15, 0.2) is 28.0 Å². The number of thiazole rings is 1. The lowest BCUT2D eigenvalue weighted by atomic mass is 10.1. The highest BCUT2D eigenvalue weighted by Gasteiger charge is 2.40. The highest BCUT2D eigenvalue weighted by atomic mass is 35.5. The lowest BCUT2D eigenvalue weighted by Gasteiger charge is -2.28. The number of hydrogen-bond donors (Lipinski definition) is 4. The molecule has 0 saturated heterocycles. The van der Waals surface area contributed by atoms with Crippen LogP contribution in [-0.2, 0) is 29.6 Å². The number of amides is 2. The number of thiophene rings is 1. The number of benzene rings is 1. The van der Waals surface area contributed by atoms with E-state index in [-0.39, 0.29) is 47.5 Å². The van der Waals surface area contributed by atoms with Gasteiger partial charge < -0.3 is 15.5 Å². The number of hydrogen-bond acceptors (Lipinski definition) is 12. The topological polar surface area (TPSA) is 199 Å². The lowest BCUT2D eigenvalue weighted by molar-refractivity contribution is -0.114. The van der Waals surface area contributed by atoms with Gasteiger partial charge in [0.2, 0.25) is 0 Å². The largest absolute Gasteiger partial charge is 0.505 e. The number of carbonyl (C=O) groups excluding carboxylic acids is 2. The number of sulfonamides is 2. The molecule has 0 spiro atoms. The van der Waals surface area contributed by atoms with Gasteiger partial charge in [0, 0.05) is 36.9 Å². The molecule has 0 radical (unpaired) electrons. The van der Waals surface area contributed by atoms with E-state index in [9.17, 15) is 36.6 Å². The van der Waals surface area contributed by atoms with Crippen LogP contribution in [0.5, 0.6) is 0 Å². The Morgan fingerprint density at radius 3 is 2.07 bits per heavy atom. The number of aliphatic hydroxyl groups excluding tert-OH is 2. The number of carbonyl (C=O) groups is 2. The molecule has 0 fully saturated rings. The Balaban J connectivity index is 0.000000181. The van der Waals surface area contributed by atoms with Gasteiger partial charge in [-0.05, 0) is 37.3 Å². The number of aryl methyl sites for hydroxylation is 1. The van der Waals surface area contributed by atoms with E-state index in [0.717, 1.165) is 24.8 Å². The highest BCUT2D eigenvalue weighted by Crippen LogP contribution is 2.42. The first-order valence-electron chi connectivity index (χ1n) is 12.8. The van der Waals surface area contributed by atoms with Gasteiger partial charge in [0.05, 0.1) is 14.1 Å². The first-order valence-corrected chi connectivity index (χ1v) is 17.7. The Morgan fingerprint density at radius 2 is 1.43 bits per heavy atom. The van der Waals surface area contributed by atoms with Gasteiger partial charge in [0.1, 0.15) is 10.7 Å². The Kier molecular flexibility index (Phi) is 8.84. The second kappa shape index (κ2) is 12.4. The van der Waals surface area contributed by atoms with Crippen molar-refractivity contribution in [3.63, 3.8) is 0 Å². The fourth-order valence-electron chi connectivity index (χ4n) is 4.34. The van der Waals surface area contributed by atoms with E-state index in [1.54, 1.807) is 36.5 Å². The van der Waals surface area contributed by atoms with E-state index in [2.05, 4.69) is 20.6 Å². The van der Waals surface area contributed by atoms with Crippen molar-refractivity contribution in [1.29, 1.82) is 0 Å². The van der Waals surface area contributed by atoms with E-state index in [4.69, 9.17) is 11.6 Å². The second-order valence-electron chi connectivity index (χ2n) is 9.48. The summed E-state index contributed by atoms with van der Waals surface area (Å²) in [6.07, 6.45) is 3.06. The Bertz CT molecular complexity index is 2160. The molecule has 0 aliphatic carbocycles. The molecule has 19 heteroatoms. The van der Waals surface area contributed by atoms with Crippen LogP contribution in [0.15, 0.2) is 82.1 Å². The fourth-order valence-corrected chi connectivity index (χ4v) is 9.35. The number of aliphatic hydroxyl groups is 2. The van der Waals surface area contributed by atoms with Gasteiger partial charge in [-0.1, -0.05) is 29.8 Å². The van der Waals surface area contributed by atoms with Gasteiger partial charge in [-0.2, -0.15) is 0 Å². The number of nitrogens with one attached hydrogen (secondary N) is 2.